The summed E-state index contributed by atoms with van der Waals surface area (Å²) in [6.45, 7) is 0.594. The van der Waals surface area contributed by atoms with Gasteiger partial charge in [0, 0.05) is 36.1 Å². The molecule has 1 N–H and O–H groups in total. The van der Waals surface area contributed by atoms with Crippen LogP contribution in [0.3, 0.4) is 0 Å². The molecule has 0 radical (unpaired) electrons. The van der Waals surface area contributed by atoms with E-state index in [9.17, 15) is 18.0 Å². The van der Waals surface area contributed by atoms with Gasteiger partial charge < -0.3 is 10.1 Å². The van der Waals surface area contributed by atoms with Gasteiger partial charge in [0.05, 0.1) is 23.0 Å². The first-order valence-electron chi connectivity index (χ1n) is 10.8. The highest BCUT2D eigenvalue weighted by molar-refractivity contribution is 6.11. The molecule has 4 aromatic rings. The summed E-state index contributed by atoms with van der Waals surface area (Å²) < 4.78 is 47.1. The predicted molar refractivity (Wildman–Crippen MR) is 119 cm³/mol. The molecule has 1 saturated heterocycles. The summed E-state index contributed by atoms with van der Waals surface area (Å²) >= 11 is 0. The Morgan fingerprint density at radius 1 is 1.06 bits per heavy atom. The first-order chi connectivity index (χ1) is 16.4. The molecule has 0 saturated carbocycles. The molecular weight excluding hydrogens is 447 g/mol. The van der Waals surface area contributed by atoms with Gasteiger partial charge in [0.2, 0.25) is 0 Å². The third-order valence-corrected chi connectivity index (χ3v) is 5.67. The van der Waals surface area contributed by atoms with E-state index in [-0.39, 0.29) is 17.5 Å². The second-order valence-corrected chi connectivity index (χ2v) is 8.00. The maximum Gasteiger partial charge on any atom is 0.417 e. The summed E-state index contributed by atoms with van der Waals surface area (Å²) in [6, 6.07) is 9.55. The molecule has 1 atom stereocenters. The molecule has 3 aromatic heterocycles. The molecule has 1 aliphatic rings. The number of aromatic nitrogens is 4. The smallest absolute Gasteiger partial charge is 0.356 e. The van der Waals surface area contributed by atoms with E-state index in [2.05, 4.69) is 20.4 Å². The minimum absolute atomic E-state index is 0.148. The van der Waals surface area contributed by atoms with E-state index >= 15 is 0 Å². The second-order valence-electron chi connectivity index (χ2n) is 8.00. The van der Waals surface area contributed by atoms with Crippen LogP contribution < -0.4 is 5.32 Å². The van der Waals surface area contributed by atoms with Crippen LogP contribution in [0.1, 0.15) is 41.5 Å². The molecule has 1 fully saturated rings. The number of amides is 1. The highest BCUT2D eigenvalue weighted by Gasteiger charge is 2.31. The van der Waals surface area contributed by atoms with Crippen molar-refractivity contribution in [3.63, 3.8) is 0 Å². The van der Waals surface area contributed by atoms with Gasteiger partial charge in [0.15, 0.2) is 11.9 Å². The van der Waals surface area contributed by atoms with Gasteiger partial charge in [0.25, 0.3) is 5.91 Å². The third-order valence-electron chi connectivity index (χ3n) is 5.67. The van der Waals surface area contributed by atoms with E-state index in [0.29, 0.717) is 28.8 Å². The zero-order chi connectivity index (χ0) is 23.7. The molecule has 0 aliphatic carbocycles. The van der Waals surface area contributed by atoms with E-state index in [1.165, 1.54) is 12.4 Å². The number of nitrogens with one attached hydrogen (secondary N) is 1. The Labute approximate surface area is 192 Å². The van der Waals surface area contributed by atoms with Gasteiger partial charge in [-0.25, -0.2) is 4.68 Å². The number of nitrogens with zero attached hydrogens (tertiary/aromatic N) is 4. The van der Waals surface area contributed by atoms with Crippen LogP contribution in [-0.2, 0) is 10.9 Å². The number of fused-ring (bicyclic) bond motifs is 1. The first kappa shape index (κ1) is 22.0. The summed E-state index contributed by atoms with van der Waals surface area (Å²) in [5.41, 5.74) is 1.25. The van der Waals surface area contributed by atoms with Crippen molar-refractivity contribution in [2.45, 2.75) is 31.7 Å². The van der Waals surface area contributed by atoms with Crippen molar-refractivity contribution >= 4 is 22.5 Å². The average molecular weight is 467 g/mol. The molecule has 1 amide bonds. The molecule has 4 heterocycles. The van der Waals surface area contributed by atoms with E-state index in [1.54, 1.807) is 41.2 Å². The van der Waals surface area contributed by atoms with Crippen LogP contribution in [-0.4, -0.2) is 32.3 Å². The minimum Gasteiger partial charge on any atom is -0.356 e. The maximum absolute atomic E-state index is 13.2. The van der Waals surface area contributed by atoms with Crippen molar-refractivity contribution in [1.29, 1.82) is 0 Å². The van der Waals surface area contributed by atoms with Crippen molar-refractivity contribution in [2.24, 2.45) is 0 Å². The van der Waals surface area contributed by atoms with Crippen molar-refractivity contribution in [3.8, 4) is 11.1 Å². The highest BCUT2D eigenvalue weighted by atomic mass is 19.4. The fourth-order valence-corrected chi connectivity index (χ4v) is 4.00. The lowest BCUT2D eigenvalue weighted by molar-refractivity contribution is -0.137. The van der Waals surface area contributed by atoms with Gasteiger partial charge in [-0.1, -0.05) is 6.07 Å². The third kappa shape index (κ3) is 4.36. The number of carbonyl (C=O) groups is 1. The topological polar surface area (TPSA) is 81.9 Å². The largest absolute Gasteiger partial charge is 0.417 e. The Morgan fingerprint density at radius 2 is 1.94 bits per heavy atom. The van der Waals surface area contributed by atoms with Crippen LogP contribution in [0.2, 0.25) is 0 Å². The molecule has 174 valence electrons. The number of ether oxygens (including phenoxy) is 1. The van der Waals surface area contributed by atoms with Gasteiger partial charge in [0.1, 0.15) is 0 Å². The number of hydrogen-bond donors (Lipinski definition) is 1. The van der Waals surface area contributed by atoms with Crippen LogP contribution in [0, 0.1) is 0 Å². The molecule has 10 heteroatoms. The second kappa shape index (κ2) is 8.86. The summed E-state index contributed by atoms with van der Waals surface area (Å²) in [6.07, 6.45) is 3.10. The lowest BCUT2D eigenvalue weighted by Gasteiger charge is -2.23. The first-order valence-corrected chi connectivity index (χ1v) is 10.8. The number of benzene rings is 1. The molecular formula is C24H20F3N5O2. The zero-order valence-electron chi connectivity index (χ0n) is 17.9. The maximum atomic E-state index is 13.2. The fourth-order valence-electron chi connectivity index (χ4n) is 4.00. The van der Waals surface area contributed by atoms with Crippen molar-refractivity contribution in [3.05, 3.63) is 72.4 Å². The van der Waals surface area contributed by atoms with Gasteiger partial charge in [-0.3, -0.25) is 14.8 Å². The van der Waals surface area contributed by atoms with Crippen molar-refractivity contribution < 1.29 is 22.7 Å². The molecule has 34 heavy (non-hydrogen) atoms. The molecule has 1 aliphatic heterocycles. The Morgan fingerprint density at radius 3 is 2.68 bits per heavy atom. The molecule has 1 unspecified atom stereocenters. The van der Waals surface area contributed by atoms with Crippen LogP contribution in [0.15, 0.2) is 61.2 Å². The lowest BCUT2D eigenvalue weighted by atomic mass is 10.0. The monoisotopic (exact) mass is 467 g/mol. The number of anilines is 1. The Bertz CT molecular complexity index is 1330. The van der Waals surface area contributed by atoms with Crippen LogP contribution in [0.5, 0.6) is 0 Å². The lowest BCUT2D eigenvalue weighted by Crippen LogP contribution is -2.20. The Balaban J connectivity index is 1.60. The number of halogens is 3. The molecule has 1 aromatic carbocycles. The Kier molecular flexibility index (Phi) is 5.74. The van der Waals surface area contributed by atoms with Gasteiger partial charge in [-0.2, -0.15) is 18.3 Å². The van der Waals surface area contributed by atoms with Crippen molar-refractivity contribution in [1.82, 2.24) is 19.7 Å². The van der Waals surface area contributed by atoms with Gasteiger partial charge in [-0.05, 0) is 55.2 Å². The van der Waals surface area contributed by atoms with Gasteiger partial charge in [-0.15, -0.1) is 0 Å². The van der Waals surface area contributed by atoms with Crippen LogP contribution in [0.25, 0.3) is 22.0 Å². The number of carbonyl (C=O) groups excluding carboxylic acids is 1. The summed E-state index contributed by atoms with van der Waals surface area (Å²) in [4.78, 5) is 20.9. The average Bonchev–Trinajstić information content (AvgIpc) is 3.24. The van der Waals surface area contributed by atoms with E-state index in [1.807, 2.05) is 0 Å². The van der Waals surface area contributed by atoms with Gasteiger partial charge >= 0.3 is 6.18 Å². The number of rotatable bonds is 4. The SMILES string of the molecule is O=C(Nc1cccnc1)c1nn(C2CCCCO2)c2ccc(-c3cncc(C(F)(F)F)c3)cc12. The summed E-state index contributed by atoms with van der Waals surface area (Å²) in [5, 5.41) is 7.85. The van der Waals surface area contributed by atoms with Crippen LogP contribution >= 0.6 is 0 Å². The predicted octanol–water partition coefficient (Wildman–Crippen LogP) is 5.46. The molecule has 5 rings (SSSR count). The molecule has 0 bridgehead atoms. The zero-order valence-corrected chi connectivity index (χ0v) is 17.9. The highest BCUT2D eigenvalue weighted by Crippen LogP contribution is 2.34. The molecule has 0 spiro atoms. The van der Waals surface area contributed by atoms with E-state index in [0.717, 1.165) is 31.5 Å². The summed E-state index contributed by atoms with van der Waals surface area (Å²) in [7, 11) is 0. The van der Waals surface area contributed by atoms with Crippen molar-refractivity contribution in [2.75, 3.05) is 11.9 Å². The molecule has 7 nitrogen and oxygen atoms in total. The van der Waals surface area contributed by atoms with E-state index in [4.69, 9.17) is 4.74 Å². The standard InChI is InChI=1S/C24H20F3N5O2/c25-24(26,27)17-10-16(12-29-13-17)15-6-7-20-19(11-15)22(23(33)30-18-4-3-8-28-14-18)31-32(20)21-5-1-2-9-34-21/h3-4,6-8,10-14,21H,1-2,5,9H2,(H,30,33). The minimum atomic E-state index is -4.51. The Hall–Kier alpha value is -3.79. The normalized spacial score (nSPS) is 16.5. The quantitative estimate of drug-likeness (QED) is 0.431. The fraction of sp³-hybridized carbons (Fsp3) is 0.250. The number of pyridine rings is 2. The van der Waals surface area contributed by atoms with Crippen LogP contribution in [0.4, 0.5) is 18.9 Å². The summed E-state index contributed by atoms with van der Waals surface area (Å²) in [5.74, 6) is -0.452. The van der Waals surface area contributed by atoms with E-state index < -0.39 is 17.6 Å². The number of hydrogen-bond acceptors (Lipinski definition) is 5. The number of alkyl halides is 3.